The van der Waals surface area contributed by atoms with Gasteiger partial charge in [0, 0.05) is 43.3 Å². The van der Waals surface area contributed by atoms with Crippen LogP contribution in [0.1, 0.15) is 29.0 Å². The number of likely N-dealkylation sites (N-methyl/N-ethyl adjacent to an activating group) is 1. The number of aromatic nitrogens is 1. The highest BCUT2D eigenvalue weighted by molar-refractivity contribution is 7.18. The Kier molecular flexibility index (Phi) is 4.52. The van der Waals surface area contributed by atoms with Gasteiger partial charge < -0.3 is 14.5 Å². The lowest BCUT2D eigenvalue weighted by Crippen LogP contribution is -2.50. The van der Waals surface area contributed by atoms with Crippen molar-refractivity contribution in [2.75, 3.05) is 38.2 Å². The topological polar surface area (TPSA) is 28.6 Å². The first-order valence-electron chi connectivity index (χ1n) is 10.1. The molecule has 2 aromatic carbocycles. The summed E-state index contributed by atoms with van der Waals surface area (Å²) < 4.78 is 7.52. The van der Waals surface area contributed by atoms with Gasteiger partial charge in [0.1, 0.15) is 5.75 Å². The normalized spacial score (nSPS) is 22.9. The van der Waals surface area contributed by atoms with Crippen LogP contribution in [-0.2, 0) is 6.42 Å². The molecule has 2 aliphatic heterocycles. The molecule has 0 N–H and O–H groups in total. The van der Waals surface area contributed by atoms with Gasteiger partial charge in [-0.1, -0.05) is 12.1 Å². The molecule has 1 fully saturated rings. The summed E-state index contributed by atoms with van der Waals surface area (Å²) in [4.78, 5) is 9.49. The number of anilines is 1. The van der Waals surface area contributed by atoms with Crippen molar-refractivity contribution in [3.05, 3.63) is 52.5 Å². The summed E-state index contributed by atoms with van der Waals surface area (Å²) in [5.41, 5.74) is 5.08. The van der Waals surface area contributed by atoms with Gasteiger partial charge in [0.05, 0.1) is 21.8 Å². The molecule has 0 aliphatic carbocycles. The lowest BCUT2D eigenvalue weighted by molar-refractivity contribution is 0.233. The Labute approximate surface area is 170 Å². The smallest absolute Gasteiger partial charge is 0.124 e. The Morgan fingerprint density at radius 2 is 2.04 bits per heavy atom. The number of piperazine rings is 1. The molecular weight excluding hydrogens is 366 g/mol. The first-order chi connectivity index (χ1) is 13.6. The Morgan fingerprint density at radius 1 is 1.14 bits per heavy atom. The summed E-state index contributed by atoms with van der Waals surface area (Å²) in [5, 5.41) is 1.13. The zero-order valence-electron chi connectivity index (χ0n) is 16.8. The van der Waals surface area contributed by atoms with Crippen molar-refractivity contribution in [2.24, 2.45) is 0 Å². The van der Waals surface area contributed by atoms with E-state index >= 15 is 0 Å². The molecule has 4 nitrogen and oxygen atoms in total. The van der Waals surface area contributed by atoms with Crippen LogP contribution in [0, 0.1) is 6.92 Å². The summed E-state index contributed by atoms with van der Waals surface area (Å²) in [6, 6.07) is 14.1. The van der Waals surface area contributed by atoms with Crippen molar-refractivity contribution in [1.29, 1.82) is 0 Å². The van der Waals surface area contributed by atoms with Gasteiger partial charge in [-0.15, -0.1) is 11.3 Å². The second-order valence-electron chi connectivity index (χ2n) is 8.24. The molecule has 1 aromatic heterocycles. The largest absolute Gasteiger partial charge is 0.493 e. The van der Waals surface area contributed by atoms with Crippen LogP contribution in [0.25, 0.3) is 10.2 Å². The van der Waals surface area contributed by atoms with E-state index in [1.54, 1.807) is 11.3 Å². The molecule has 3 heterocycles. The number of hydrogen-bond acceptors (Lipinski definition) is 5. The maximum atomic E-state index is 6.24. The van der Waals surface area contributed by atoms with E-state index in [2.05, 4.69) is 72.1 Å². The number of aryl methyl sites for hydroxylation is 1. The molecule has 146 valence electrons. The first kappa shape index (κ1) is 18.0. The molecule has 0 spiro atoms. The van der Waals surface area contributed by atoms with Gasteiger partial charge in [-0.25, -0.2) is 4.98 Å². The van der Waals surface area contributed by atoms with Crippen molar-refractivity contribution in [3.63, 3.8) is 0 Å². The molecular formula is C23H27N3OS. The van der Waals surface area contributed by atoms with Crippen LogP contribution in [0.5, 0.6) is 5.75 Å². The molecule has 1 unspecified atom stereocenters. The molecule has 5 rings (SSSR count). The standard InChI is InChI=1S/C23H27N3OS/c1-15-13-26(9-8-25(15)3)20-6-4-18-10-19(14-27-22(18)12-20)17-5-7-21-23(11-17)28-16(2)24-21/h4-7,11-12,15,19H,8-10,13-14H2,1-3H3/t15-,19?/m0/s1. The maximum absolute atomic E-state index is 6.24. The molecule has 0 saturated carbocycles. The quantitative estimate of drug-likeness (QED) is 0.643. The van der Waals surface area contributed by atoms with Crippen molar-refractivity contribution >= 4 is 27.2 Å². The lowest BCUT2D eigenvalue weighted by atomic mass is 9.90. The summed E-state index contributed by atoms with van der Waals surface area (Å²) in [6.07, 6.45) is 1.04. The van der Waals surface area contributed by atoms with Gasteiger partial charge in [0.25, 0.3) is 0 Å². The summed E-state index contributed by atoms with van der Waals surface area (Å²) in [6.45, 7) is 8.39. The molecule has 28 heavy (non-hydrogen) atoms. The van der Waals surface area contributed by atoms with E-state index < -0.39 is 0 Å². The van der Waals surface area contributed by atoms with Crippen LogP contribution in [0.4, 0.5) is 5.69 Å². The van der Waals surface area contributed by atoms with Crippen molar-refractivity contribution in [3.8, 4) is 5.75 Å². The van der Waals surface area contributed by atoms with Crippen molar-refractivity contribution < 1.29 is 4.74 Å². The number of hydrogen-bond donors (Lipinski definition) is 0. The molecule has 0 bridgehead atoms. The van der Waals surface area contributed by atoms with E-state index in [1.807, 2.05) is 0 Å². The Balaban J connectivity index is 1.35. The van der Waals surface area contributed by atoms with Crippen LogP contribution >= 0.6 is 11.3 Å². The minimum Gasteiger partial charge on any atom is -0.493 e. The van der Waals surface area contributed by atoms with Crippen LogP contribution in [0.2, 0.25) is 0 Å². The van der Waals surface area contributed by atoms with Crippen LogP contribution < -0.4 is 9.64 Å². The Morgan fingerprint density at radius 3 is 2.89 bits per heavy atom. The van der Waals surface area contributed by atoms with Crippen LogP contribution in [-0.4, -0.2) is 49.2 Å². The highest BCUT2D eigenvalue weighted by Crippen LogP contribution is 2.36. The van der Waals surface area contributed by atoms with Gasteiger partial charge in [-0.05, 0) is 56.6 Å². The fourth-order valence-electron chi connectivity index (χ4n) is 4.37. The molecule has 3 aromatic rings. The Hall–Kier alpha value is -2.11. The van der Waals surface area contributed by atoms with Crippen LogP contribution in [0.15, 0.2) is 36.4 Å². The van der Waals surface area contributed by atoms with E-state index in [1.165, 1.54) is 21.5 Å². The number of fused-ring (bicyclic) bond motifs is 2. The fourth-order valence-corrected chi connectivity index (χ4v) is 5.24. The second kappa shape index (κ2) is 7.05. The fraction of sp³-hybridized carbons (Fsp3) is 0.435. The van der Waals surface area contributed by atoms with E-state index in [-0.39, 0.29) is 0 Å². The predicted molar refractivity (Wildman–Crippen MR) is 117 cm³/mol. The summed E-state index contributed by atoms with van der Waals surface area (Å²) in [5.74, 6) is 1.48. The lowest BCUT2D eigenvalue weighted by Gasteiger charge is -2.39. The number of rotatable bonds is 2. The van der Waals surface area contributed by atoms with Gasteiger partial charge >= 0.3 is 0 Å². The highest BCUT2D eigenvalue weighted by Gasteiger charge is 2.25. The predicted octanol–water partition coefficient (Wildman–Crippen LogP) is 4.46. The maximum Gasteiger partial charge on any atom is 0.124 e. The van der Waals surface area contributed by atoms with Gasteiger partial charge in [-0.3, -0.25) is 0 Å². The molecule has 2 atom stereocenters. The number of thiazole rings is 1. The molecule has 5 heteroatoms. The zero-order chi connectivity index (χ0) is 19.3. The number of ether oxygens (including phenoxy) is 1. The van der Waals surface area contributed by atoms with Gasteiger partial charge in [-0.2, -0.15) is 0 Å². The monoisotopic (exact) mass is 393 g/mol. The van der Waals surface area contributed by atoms with Gasteiger partial charge in [0.2, 0.25) is 0 Å². The highest BCUT2D eigenvalue weighted by atomic mass is 32.1. The first-order valence-corrected chi connectivity index (χ1v) is 11.0. The zero-order valence-corrected chi connectivity index (χ0v) is 17.6. The summed E-state index contributed by atoms with van der Waals surface area (Å²) >= 11 is 1.77. The van der Waals surface area contributed by atoms with Crippen molar-refractivity contribution in [2.45, 2.75) is 32.2 Å². The van der Waals surface area contributed by atoms with E-state index in [0.717, 1.165) is 48.9 Å². The molecule has 0 amide bonds. The van der Waals surface area contributed by atoms with E-state index in [9.17, 15) is 0 Å². The van der Waals surface area contributed by atoms with E-state index in [0.29, 0.717) is 12.0 Å². The minimum absolute atomic E-state index is 0.411. The van der Waals surface area contributed by atoms with Crippen molar-refractivity contribution in [1.82, 2.24) is 9.88 Å². The second-order valence-corrected chi connectivity index (χ2v) is 9.47. The van der Waals surface area contributed by atoms with Crippen LogP contribution in [0.3, 0.4) is 0 Å². The van der Waals surface area contributed by atoms with Gasteiger partial charge in [0.15, 0.2) is 0 Å². The average Bonchev–Trinajstić information content (AvgIpc) is 3.08. The Bertz CT molecular complexity index is 1010. The SMILES string of the molecule is Cc1nc2ccc(C3COc4cc(N5CCN(C)[C@@H](C)C5)ccc4C3)cc2s1. The average molecular weight is 394 g/mol. The third kappa shape index (κ3) is 3.27. The van der Waals surface area contributed by atoms with E-state index in [4.69, 9.17) is 4.74 Å². The molecule has 2 aliphatic rings. The minimum atomic E-state index is 0.411. The molecule has 0 radical (unpaired) electrons. The number of benzene rings is 2. The third-order valence-corrected chi connectivity index (χ3v) is 7.21. The molecule has 1 saturated heterocycles. The third-order valence-electron chi connectivity index (χ3n) is 6.27. The number of nitrogens with zero attached hydrogens (tertiary/aromatic N) is 3. The summed E-state index contributed by atoms with van der Waals surface area (Å²) in [7, 11) is 2.21.